The Labute approximate surface area is 150 Å². The van der Waals surface area contributed by atoms with Gasteiger partial charge in [-0.25, -0.2) is 0 Å². The summed E-state index contributed by atoms with van der Waals surface area (Å²) in [4.78, 5) is 27.7. The molecule has 2 aromatic carbocycles. The number of anilines is 2. The third-order valence-electron chi connectivity index (χ3n) is 3.62. The third-order valence-corrected chi connectivity index (χ3v) is 3.62. The van der Waals surface area contributed by atoms with Gasteiger partial charge >= 0.3 is 0 Å². The number of hydrogen-bond acceptors (Lipinski definition) is 5. The van der Waals surface area contributed by atoms with Gasteiger partial charge < -0.3 is 15.2 Å². The fourth-order valence-corrected chi connectivity index (χ4v) is 2.36. The molecule has 0 aliphatic carbocycles. The Morgan fingerprint density at radius 2 is 1.81 bits per heavy atom. The minimum absolute atomic E-state index is 0.160. The molecule has 3 aromatic rings. The molecular weight excluding hydrogens is 332 g/mol. The van der Waals surface area contributed by atoms with Gasteiger partial charge in [0.1, 0.15) is 0 Å². The summed E-state index contributed by atoms with van der Waals surface area (Å²) in [5.41, 5.74) is 2.51. The number of carbonyl (C=O) groups is 2. The van der Waals surface area contributed by atoms with Crippen LogP contribution in [0.5, 0.6) is 0 Å². The van der Waals surface area contributed by atoms with E-state index >= 15 is 0 Å². The minimum Gasteiger partial charge on any atom is -0.339 e. The van der Waals surface area contributed by atoms with Gasteiger partial charge in [0.25, 0.3) is 5.91 Å². The minimum atomic E-state index is -0.251. The van der Waals surface area contributed by atoms with Gasteiger partial charge in [0, 0.05) is 35.8 Å². The van der Waals surface area contributed by atoms with Gasteiger partial charge in [-0.15, -0.1) is 0 Å². The van der Waals surface area contributed by atoms with E-state index in [1.807, 2.05) is 19.1 Å². The molecule has 1 aromatic heterocycles. The summed E-state index contributed by atoms with van der Waals surface area (Å²) in [6.07, 6.45) is 0.665. The van der Waals surface area contributed by atoms with Crippen LogP contribution in [-0.4, -0.2) is 22.0 Å². The van der Waals surface area contributed by atoms with Crippen LogP contribution in [0.4, 0.5) is 11.4 Å². The smallest absolute Gasteiger partial charge is 0.255 e. The number of carbonyl (C=O) groups excluding carboxylic acids is 2. The standard InChI is InChI=1S/C19H18N4O3/c1-3-17-22-18(23-26-17)14-5-4-6-16(11-14)21-19(25)13-7-9-15(10-8-13)20-12(2)24/h4-11H,3H2,1-2H3,(H,20,24)(H,21,25). The zero-order chi connectivity index (χ0) is 18.5. The van der Waals surface area contributed by atoms with Crippen molar-refractivity contribution >= 4 is 23.2 Å². The molecule has 0 saturated heterocycles. The molecule has 1 heterocycles. The van der Waals surface area contributed by atoms with Gasteiger partial charge in [0.2, 0.25) is 17.6 Å². The number of aryl methyl sites for hydroxylation is 1. The number of nitrogens with zero attached hydrogens (tertiary/aromatic N) is 2. The van der Waals surface area contributed by atoms with Gasteiger partial charge in [0.05, 0.1) is 0 Å². The second-order valence-corrected chi connectivity index (χ2v) is 5.66. The van der Waals surface area contributed by atoms with Crippen molar-refractivity contribution in [2.24, 2.45) is 0 Å². The molecule has 132 valence electrons. The second-order valence-electron chi connectivity index (χ2n) is 5.66. The molecule has 0 bridgehead atoms. The van der Waals surface area contributed by atoms with Crippen molar-refractivity contribution in [3.63, 3.8) is 0 Å². The monoisotopic (exact) mass is 350 g/mol. The maximum atomic E-state index is 12.4. The van der Waals surface area contributed by atoms with Crippen LogP contribution in [0.3, 0.4) is 0 Å². The van der Waals surface area contributed by atoms with E-state index in [4.69, 9.17) is 4.52 Å². The van der Waals surface area contributed by atoms with Gasteiger partial charge in [-0.2, -0.15) is 4.98 Å². The van der Waals surface area contributed by atoms with Crippen LogP contribution in [0.25, 0.3) is 11.4 Å². The van der Waals surface area contributed by atoms with E-state index < -0.39 is 0 Å². The molecule has 0 unspecified atom stereocenters. The molecule has 3 rings (SSSR count). The van der Waals surface area contributed by atoms with Crippen LogP contribution in [0, 0.1) is 0 Å². The zero-order valence-electron chi connectivity index (χ0n) is 14.4. The molecule has 2 amide bonds. The van der Waals surface area contributed by atoms with Crippen LogP contribution in [0.15, 0.2) is 53.1 Å². The van der Waals surface area contributed by atoms with Crippen molar-refractivity contribution in [3.05, 3.63) is 60.0 Å². The Kier molecular flexibility index (Phi) is 5.07. The number of benzene rings is 2. The van der Waals surface area contributed by atoms with Crippen molar-refractivity contribution in [3.8, 4) is 11.4 Å². The molecule has 26 heavy (non-hydrogen) atoms. The summed E-state index contributed by atoms with van der Waals surface area (Å²) in [5.74, 6) is 0.636. The summed E-state index contributed by atoms with van der Waals surface area (Å²) in [6.45, 7) is 3.37. The highest BCUT2D eigenvalue weighted by Gasteiger charge is 2.10. The van der Waals surface area contributed by atoms with Crippen molar-refractivity contribution < 1.29 is 14.1 Å². The van der Waals surface area contributed by atoms with Crippen LogP contribution in [-0.2, 0) is 11.2 Å². The van der Waals surface area contributed by atoms with Gasteiger partial charge in [0.15, 0.2) is 0 Å². The maximum absolute atomic E-state index is 12.4. The van der Waals surface area contributed by atoms with Crippen LogP contribution >= 0.6 is 0 Å². The van der Waals surface area contributed by atoms with Crippen molar-refractivity contribution in [1.29, 1.82) is 0 Å². The molecule has 0 aliphatic heterocycles. The Morgan fingerprint density at radius 1 is 1.04 bits per heavy atom. The molecule has 0 atom stereocenters. The zero-order valence-corrected chi connectivity index (χ0v) is 14.4. The SMILES string of the molecule is CCc1nc(-c2cccc(NC(=O)c3ccc(NC(C)=O)cc3)c2)no1. The molecular formula is C19H18N4O3. The van der Waals surface area contributed by atoms with E-state index in [2.05, 4.69) is 20.8 Å². The first-order valence-corrected chi connectivity index (χ1v) is 8.17. The quantitative estimate of drug-likeness (QED) is 0.734. The fourth-order valence-electron chi connectivity index (χ4n) is 2.36. The van der Waals surface area contributed by atoms with E-state index in [9.17, 15) is 9.59 Å². The maximum Gasteiger partial charge on any atom is 0.255 e. The average Bonchev–Trinajstić information content (AvgIpc) is 3.11. The number of amides is 2. The number of nitrogens with one attached hydrogen (secondary N) is 2. The molecule has 0 spiro atoms. The highest BCUT2D eigenvalue weighted by Crippen LogP contribution is 2.21. The summed E-state index contributed by atoms with van der Waals surface area (Å²) in [7, 11) is 0. The topological polar surface area (TPSA) is 97.1 Å². The Hall–Kier alpha value is -3.48. The molecule has 0 saturated carbocycles. The number of rotatable bonds is 5. The van der Waals surface area contributed by atoms with Gasteiger partial charge in [-0.1, -0.05) is 24.2 Å². The Balaban J connectivity index is 1.73. The van der Waals surface area contributed by atoms with Gasteiger partial charge in [-0.05, 0) is 36.4 Å². The number of aromatic nitrogens is 2. The van der Waals surface area contributed by atoms with Crippen LogP contribution < -0.4 is 10.6 Å². The predicted molar refractivity (Wildman–Crippen MR) is 97.8 cm³/mol. The van der Waals surface area contributed by atoms with E-state index in [-0.39, 0.29) is 11.8 Å². The third kappa shape index (κ3) is 4.13. The largest absolute Gasteiger partial charge is 0.339 e. The molecule has 0 radical (unpaired) electrons. The lowest BCUT2D eigenvalue weighted by molar-refractivity contribution is -0.114. The highest BCUT2D eigenvalue weighted by atomic mass is 16.5. The highest BCUT2D eigenvalue weighted by molar-refractivity contribution is 6.04. The first-order valence-electron chi connectivity index (χ1n) is 8.17. The molecule has 7 nitrogen and oxygen atoms in total. The summed E-state index contributed by atoms with van der Waals surface area (Å²) < 4.78 is 5.12. The predicted octanol–water partition coefficient (Wildman–Crippen LogP) is 3.51. The Bertz CT molecular complexity index is 932. The van der Waals surface area contributed by atoms with Crippen LogP contribution in [0.1, 0.15) is 30.1 Å². The lowest BCUT2D eigenvalue weighted by Gasteiger charge is -2.07. The molecule has 0 fully saturated rings. The Morgan fingerprint density at radius 3 is 2.46 bits per heavy atom. The summed E-state index contributed by atoms with van der Waals surface area (Å²) in [5, 5.41) is 9.43. The summed E-state index contributed by atoms with van der Waals surface area (Å²) >= 11 is 0. The lowest BCUT2D eigenvalue weighted by Crippen LogP contribution is -2.12. The van der Waals surface area contributed by atoms with Crippen molar-refractivity contribution in [2.75, 3.05) is 10.6 Å². The molecule has 0 aliphatic rings. The number of hydrogen-bond donors (Lipinski definition) is 2. The average molecular weight is 350 g/mol. The molecule has 2 N–H and O–H groups in total. The first kappa shape index (κ1) is 17.3. The van der Waals surface area contributed by atoms with E-state index in [1.165, 1.54) is 6.92 Å². The van der Waals surface area contributed by atoms with E-state index in [0.29, 0.717) is 35.1 Å². The first-order chi connectivity index (χ1) is 12.5. The van der Waals surface area contributed by atoms with Crippen molar-refractivity contribution in [1.82, 2.24) is 10.1 Å². The van der Waals surface area contributed by atoms with E-state index in [0.717, 1.165) is 5.56 Å². The molecule has 7 heteroatoms. The fraction of sp³-hybridized carbons (Fsp3) is 0.158. The second kappa shape index (κ2) is 7.60. The summed E-state index contributed by atoms with van der Waals surface area (Å²) in [6, 6.07) is 13.9. The van der Waals surface area contributed by atoms with E-state index in [1.54, 1.807) is 36.4 Å². The van der Waals surface area contributed by atoms with Crippen LogP contribution in [0.2, 0.25) is 0 Å². The lowest BCUT2D eigenvalue weighted by atomic mass is 10.1. The normalized spacial score (nSPS) is 10.4. The van der Waals surface area contributed by atoms with Crippen molar-refractivity contribution in [2.45, 2.75) is 20.3 Å². The van der Waals surface area contributed by atoms with Gasteiger partial charge in [-0.3, -0.25) is 9.59 Å².